The van der Waals surface area contributed by atoms with Gasteiger partial charge in [0, 0.05) is 22.9 Å². The third-order valence-corrected chi connectivity index (χ3v) is 5.23. The van der Waals surface area contributed by atoms with E-state index in [0.29, 0.717) is 6.54 Å². The van der Waals surface area contributed by atoms with Gasteiger partial charge in [-0.1, -0.05) is 49.9 Å². The maximum atomic E-state index is 13.0. The molecule has 0 spiro atoms. The van der Waals surface area contributed by atoms with Gasteiger partial charge < -0.3 is 10.2 Å². The second kappa shape index (κ2) is 7.10. The van der Waals surface area contributed by atoms with Crippen molar-refractivity contribution in [2.24, 2.45) is 5.41 Å². The van der Waals surface area contributed by atoms with Crippen LogP contribution in [0.5, 0.6) is 0 Å². The summed E-state index contributed by atoms with van der Waals surface area (Å²) in [5, 5.41) is 3.13. The van der Waals surface area contributed by atoms with Gasteiger partial charge in [0.2, 0.25) is 0 Å². The predicted molar refractivity (Wildman–Crippen MR) is 105 cm³/mol. The minimum Gasteiger partial charge on any atom is -0.337 e. The zero-order chi connectivity index (χ0) is 18.0. The van der Waals surface area contributed by atoms with Crippen LogP contribution in [0, 0.1) is 5.41 Å². The highest BCUT2D eigenvalue weighted by molar-refractivity contribution is 7.99. The second-order valence-electron chi connectivity index (χ2n) is 7.43. The molecular formula is C20H25N3OS. The van der Waals surface area contributed by atoms with Crippen LogP contribution in [0.15, 0.2) is 58.3 Å². The number of rotatable bonds is 4. The topological polar surface area (TPSA) is 35.6 Å². The molecule has 2 aromatic rings. The third kappa shape index (κ3) is 3.99. The number of carbonyl (C=O) groups is 1. The van der Waals surface area contributed by atoms with E-state index in [9.17, 15) is 4.79 Å². The van der Waals surface area contributed by atoms with Gasteiger partial charge in [0.25, 0.3) is 0 Å². The smallest absolute Gasteiger partial charge is 0.326 e. The predicted octanol–water partition coefficient (Wildman–Crippen LogP) is 4.59. The molecule has 0 aromatic heterocycles. The maximum Gasteiger partial charge on any atom is 0.326 e. The molecule has 5 heteroatoms. The Balaban J connectivity index is 1.85. The lowest BCUT2D eigenvalue weighted by molar-refractivity contribution is 0.220. The molecule has 0 atom stereocenters. The first-order valence-corrected chi connectivity index (χ1v) is 9.28. The Hall–Kier alpha value is -1.98. The number of amides is 2. The quantitative estimate of drug-likeness (QED) is 0.871. The SMILES string of the molecule is CN(C)CC(C)(C)CNC(=O)N1c2ccccc2Sc2ccccc21. The fraction of sp³-hybridized carbons (Fsp3) is 0.350. The van der Waals surface area contributed by atoms with Crippen molar-refractivity contribution in [3.8, 4) is 0 Å². The number of fused-ring (bicyclic) bond motifs is 2. The van der Waals surface area contributed by atoms with E-state index in [1.807, 2.05) is 36.4 Å². The van der Waals surface area contributed by atoms with Crippen molar-refractivity contribution in [1.29, 1.82) is 0 Å². The van der Waals surface area contributed by atoms with E-state index in [2.05, 4.69) is 50.3 Å². The number of nitrogens with zero attached hydrogens (tertiary/aromatic N) is 2. The molecule has 2 amide bonds. The number of hydrogen-bond donors (Lipinski definition) is 1. The van der Waals surface area contributed by atoms with Gasteiger partial charge in [0.1, 0.15) is 0 Å². The minimum atomic E-state index is -0.0768. The Labute approximate surface area is 154 Å². The first-order valence-electron chi connectivity index (χ1n) is 8.46. The molecule has 0 aliphatic carbocycles. The van der Waals surface area contributed by atoms with Crippen molar-refractivity contribution in [2.75, 3.05) is 32.1 Å². The molecular weight excluding hydrogens is 330 g/mol. The molecule has 3 rings (SSSR count). The normalized spacial score (nSPS) is 13.4. The van der Waals surface area contributed by atoms with Gasteiger partial charge in [-0.05, 0) is 43.8 Å². The van der Waals surface area contributed by atoms with Crippen LogP contribution in [0.4, 0.5) is 16.2 Å². The lowest BCUT2D eigenvalue weighted by atomic mass is 9.93. The van der Waals surface area contributed by atoms with E-state index < -0.39 is 0 Å². The number of para-hydroxylation sites is 2. The Morgan fingerprint density at radius 3 is 2.08 bits per heavy atom. The van der Waals surface area contributed by atoms with Gasteiger partial charge in [0.15, 0.2) is 0 Å². The van der Waals surface area contributed by atoms with Gasteiger partial charge in [-0.15, -0.1) is 0 Å². The molecule has 0 saturated carbocycles. The lowest BCUT2D eigenvalue weighted by Crippen LogP contribution is -2.45. The average molecular weight is 356 g/mol. The number of nitrogens with one attached hydrogen (secondary N) is 1. The highest BCUT2D eigenvalue weighted by Gasteiger charge is 2.29. The molecule has 4 nitrogen and oxygen atoms in total. The Kier molecular flexibility index (Phi) is 5.06. The number of benzene rings is 2. The average Bonchev–Trinajstić information content (AvgIpc) is 2.56. The van der Waals surface area contributed by atoms with Gasteiger partial charge in [0.05, 0.1) is 11.4 Å². The number of carbonyl (C=O) groups excluding carboxylic acids is 1. The Morgan fingerprint density at radius 2 is 1.56 bits per heavy atom. The fourth-order valence-electron chi connectivity index (χ4n) is 3.23. The standard InChI is InChI=1S/C20H25N3OS/c1-20(2,14-22(3)4)13-21-19(24)23-15-9-5-7-11-17(15)25-18-12-8-6-10-16(18)23/h5-12H,13-14H2,1-4H3,(H,21,24). The first kappa shape index (κ1) is 17.8. The largest absolute Gasteiger partial charge is 0.337 e. The van der Waals surface area contributed by atoms with Crippen molar-refractivity contribution in [3.05, 3.63) is 48.5 Å². The minimum absolute atomic E-state index is 0.00271. The second-order valence-corrected chi connectivity index (χ2v) is 8.52. The van der Waals surface area contributed by atoms with Crippen LogP contribution in [0.2, 0.25) is 0 Å². The van der Waals surface area contributed by atoms with Crippen LogP contribution in [0.25, 0.3) is 0 Å². The summed E-state index contributed by atoms with van der Waals surface area (Å²) in [6, 6.07) is 16.0. The molecule has 1 aliphatic heterocycles. The molecule has 1 N–H and O–H groups in total. The molecule has 0 unspecified atom stereocenters. The molecule has 0 fully saturated rings. The summed E-state index contributed by atoms with van der Waals surface area (Å²) in [5.74, 6) is 0. The van der Waals surface area contributed by atoms with Crippen LogP contribution < -0.4 is 10.2 Å². The van der Waals surface area contributed by atoms with Crippen LogP contribution >= 0.6 is 11.8 Å². The molecule has 132 valence electrons. The molecule has 1 heterocycles. The van der Waals surface area contributed by atoms with Gasteiger partial charge in [-0.2, -0.15) is 0 Å². The fourth-order valence-corrected chi connectivity index (χ4v) is 4.29. The number of hydrogen-bond acceptors (Lipinski definition) is 3. The van der Waals surface area contributed by atoms with Crippen LogP contribution in [-0.2, 0) is 0 Å². The van der Waals surface area contributed by atoms with E-state index in [-0.39, 0.29) is 11.4 Å². The Bertz CT molecular complexity index is 728. The maximum absolute atomic E-state index is 13.0. The van der Waals surface area contributed by atoms with Gasteiger partial charge in [-0.3, -0.25) is 4.90 Å². The molecule has 0 radical (unpaired) electrons. The van der Waals surface area contributed by atoms with E-state index in [1.54, 1.807) is 16.7 Å². The summed E-state index contributed by atoms with van der Waals surface area (Å²) < 4.78 is 0. The third-order valence-electron chi connectivity index (χ3n) is 4.10. The van der Waals surface area contributed by atoms with Crippen molar-refractivity contribution < 1.29 is 4.79 Å². The summed E-state index contributed by atoms with van der Waals surface area (Å²) >= 11 is 1.71. The summed E-state index contributed by atoms with van der Waals surface area (Å²) in [6.07, 6.45) is 0. The van der Waals surface area contributed by atoms with Crippen LogP contribution in [-0.4, -0.2) is 38.1 Å². The van der Waals surface area contributed by atoms with Crippen LogP contribution in [0.1, 0.15) is 13.8 Å². The molecule has 0 saturated heterocycles. The van der Waals surface area contributed by atoms with Crippen molar-refractivity contribution in [2.45, 2.75) is 23.6 Å². The molecule has 25 heavy (non-hydrogen) atoms. The van der Waals surface area contributed by atoms with E-state index in [4.69, 9.17) is 0 Å². The summed E-state index contributed by atoms with van der Waals surface area (Å²) in [4.78, 5) is 19.2. The summed E-state index contributed by atoms with van der Waals surface area (Å²) in [6.45, 7) is 5.87. The number of anilines is 2. The van der Waals surface area contributed by atoms with Gasteiger partial charge in [-0.25, -0.2) is 4.79 Å². The van der Waals surface area contributed by atoms with E-state index in [1.165, 1.54) is 0 Å². The van der Waals surface area contributed by atoms with E-state index >= 15 is 0 Å². The lowest BCUT2D eigenvalue weighted by Gasteiger charge is -2.33. The summed E-state index contributed by atoms with van der Waals surface area (Å²) in [7, 11) is 4.11. The highest BCUT2D eigenvalue weighted by atomic mass is 32.2. The zero-order valence-electron chi connectivity index (χ0n) is 15.2. The van der Waals surface area contributed by atoms with Crippen LogP contribution in [0.3, 0.4) is 0 Å². The zero-order valence-corrected chi connectivity index (χ0v) is 16.1. The van der Waals surface area contributed by atoms with E-state index in [0.717, 1.165) is 27.7 Å². The first-order chi connectivity index (χ1) is 11.9. The van der Waals surface area contributed by atoms with Gasteiger partial charge >= 0.3 is 6.03 Å². The van der Waals surface area contributed by atoms with Crippen molar-refractivity contribution in [3.63, 3.8) is 0 Å². The highest BCUT2D eigenvalue weighted by Crippen LogP contribution is 2.47. The van der Waals surface area contributed by atoms with Crippen molar-refractivity contribution >= 4 is 29.2 Å². The van der Waals surface area contributed by atoms with Crippen molar-refractivity contribution in [1.82, 2.24) is 10.2 Å². The molecule has 2 aromatic carbocycles. The molecule has 0 bridgehead atoms. The Morgan fingerprint density at radius 1 is 1.04 bits per heavy atom. The monoisotopic (exact) mass is 355 g/mol. The molecule has 1 aliphatic rings. The number of urea groups is 1. The summed E-state index contributed by atoms with van der Waals surface area (Å²) in [5.41, 5.74) is 1.88.